The quantitative estimate of drug-likeness (QED) is 0.888. The molecular weight excluding hydrogens is 350 g/mol. The van der Waals surface area contributed by atoms with E-state index in [0.717, 1.165) is 5.56 Å². The van der Waals surface area contributed by atoms with Crippen LogP contribution in [0.3, 0.4) is 0 Å². The topological polar surface area (TPSA) is 89.4 Å². The molecule has 0 aliphatic carbocycles. The molecule has 0 bridgehead atoms. The summed E-state index contributed by atoms with van der Waals surface area (Å²) in [4.78, 5) is 0.182. The summed E-state index contributed by atoms with van der Waals surface area (Å²) in [6, 6.07) is 9.94. The summed E-state index contributed by atoms with van der Waals surface area (Å²) in [7, 11) is -3.62. The summed E-state index contributed by atoms with van der Waals surface area (Å²) >= 11 is 0. The lowest BCUT2D eigenvalue weighted by atomic mass is 9.89. The number of rotatable bonds is 4. The van der Waals surface area contributed by atoms with Crippen LogP contribution in [0.2, 0.25) is 0 Å². The van der Waals surface area contributed by atoms with Crippen LogP contribution in [-0.4, -0.2) is 37.5 Å². The van der Waals surface area contributed by atoms with Gasteiger partial charge >= 0.3 is 0 Å². The first-order valence-electron chi connectivity index (χ1n) is 7.63. The van der Waals surface area contributed by atoms with Gasteiger partial charge in [0.2, 0.25) is 10.0 Å². The maximum atomic E-state index is 13.0. The van der Waals surface area contributed by atoms with Gasteiger partial charge in [-0.2, -0.15) is 4.31 Å². The largest absolute Gasteiger partial charge is 0.360 e. The molecule has 0 saturated carbocycles. The van der Waals surface area contributed by atoms with Crippen LogP contribution >= 0.6 is 12.4 Å². The van der Waals surface area contributed by atoms with Gasteiger partial charge in [0, 0.05) is 19.0 Å². The maximum Gasteiger partial charge on any atom is 0.248 e. The molecule has 132 valence electrons. The van der Waals surface area contributed by atoms with Gasteiger partial charge in [0.1, 0.15) is 10.6 Å². The van der Waals surface area contributed by atoms with Crippen molar-refractivity contribution in [3.63, 3.8) is 0 Å². The number of hydrogen-bond donors (Lipinski definition) is 1. The summed E-state index contributed by atoms with van der Waals surface area (Å²) in [5, 5.41) is 3.76. The smallest absolute Gasteiger partial charge is 0.248 e. The molecule has 0 spiro atoms. The Balaban J connectivity index is 0.00000208. The molecule has 2 heterocycles. The number of nitrogens with two attached hydrogens (primary N) is 1. The van der Waals surface area contributed by atoms with Gasteiger partial charge in [0.05, 0.1) is 0 Å². The van der Waals surface area contributed by atoms with Crippen LogP contribution in [0.5, 0.6) is 0 Å². The lowest BCUT2D eigenvalue weighted by Crippen LogP contribution is -2.30. The molecule has 0 radical (unpaired) electrons. The van der Waals surface area contributed by atoms with Gasteiger partial charge in [-0.3, -0.25) is 0 Å². The Hall–Kier alpha value is -1.41. The summed E-state index contributed by atoms with van der Waals surface area (Å²) in [5.41, 5.74) is 7.42. The van der Waals surface area contributed by atoms with E-state index in [1.165, 1.54) is 4.31 Å². The summed E-state index contributed by atoms with van der Waals surface area (Å²) < 4.78 is 32.5. The highest BCUT2D eigenvalue weighted by Gasteiger charge is 2.41. The first-order chi connectivity index (χ1) is 10.9. The van der Waals surface area contributed by atoms with Gasteiger partial charge < -0.3 is 10.3 Å². The van der Waals surface area contributed by atoms with Crippen LogP contribution in [-0.2, 0) is 10.0 Å². The summed E-state index contributed by atoms with van der Waals surface area (Å²) in [5.74, 6) is 0.541. The zero-order chi connectivity index (χ0) is 16.6. The fourth-order valence-electron chi connectivity index (χ4n) is 3.32. The highest BCUT2D eigenvalue weighted by atomic mass is 35.5. The van der Waals surface area contributed by atoms with Crippen molar-refractivity contribution in [2.45, 2.75) is 24.7 Å². The molecular formula is C16H22ClN3O3S. The SMILES string of the molecule is Cc1noc(C)c1S(=O)(=O)N1C[C@@H](CN)[C@H](c2ccccc2)C1.Cl. The van der Waals surface area contributed by atoms with E-state index in [2.05, 4.69) is 5.16 Å². The Morgan fingerprint density at radius 3 is 2.46 bits per heavy atom. The van der Waals surface area contributed by atoms with Crippen LogP contribution in [0, 0.1) is 19.8 Å². The Morgan fingerprint density at radius 1 is 1.25 bits per heavy atom. The maximum absolute atomic E-state index is 13.0. The molecule has 8 heteroatoms. The molecule has 1 aromatic carbocycles. The van der Waals surface area contributed by atoms with Crippen LogP contribution in [0.25, 0.3) is 0 Å². The van der Waals surface area contributed by atoms with Gasteiger partial charge in [-0.15, -0.1) is 12.4 Å². The van der Waals surface area contributed by atoms with E-state index in [1.54, 1.807) is 13.8 Å². The Kier molecular flexibility index (Phi) is 5.70. The monoisotopic (exact) mass is 371 g/mol. The summed E-state index contributed by atoms with van der Waals surface area (Å²) in [6.45, 7) is 4.57. The third-order valence-electron chi connectivity index (χ3n) is 4.50. The lowest BCUT2D eigenvalue weighted by Gasteiger charge is -2.16. The van der Waals surface area contributed by atoms with Crippen molar-refractivity contribution < 1.29 is 12.9 Å². The summed E-state index contributed by atoms with van der Waals surface area (Å²) in [6.07, 6.45) is 0. The molecule has 3 rings (SSSR count). The minimum Gasteiger partial charge on any atom is -0.360 e. The molecule has 2 N–H and O–H groups in total. The molecule has 2 aromatic rings. The second-order valence-electron chi connectivity index (χ2n) is 5.99. The molecule has 1 aliphatic rings. The van der Waals surface area contributed by atoms with Crippen molar-refractivity contribution >= 4 is 22.4 Å². The molecule has 6 nitrogen and oxygen atoms in total. The first-order valence-corrected chi connectivity index (χ1v) is 9.07. The zero-order valence-corrected chi connectivity index (χ0v) is 15.3. The van der Waals surface area contributed by atoms with Crippen LogP contribution in [0.1, 0.15) is 22.9 Å². The highest BCUT2D eigenvalue weighted by molar-refractivity contribution is 7.89. The number of aryl methyl sites for hydroxylation is 2. The van der Waals surface area contributed by atoms with Crippen molar-refractivity contribution in [3.05, 3.63) is 47.3 Å². The van der Waals surface area contributed by atoms with E-state index in [-0.39, 0.29) is 29.1 Å². The van der Waals surface area contributed by atoms with Gasteiger partial charge in [0.15, 0.2) is 5.76 Å². The average molecular weight is 372 g/mol. The number of hydrogen-bond acceptors (Lipinski definition) is 5. The molecule has 0 amide bonds. The average Bonchev–Trinajstić information content (AvgIpc) is 3.12. The van der Waals surface area contributed by atoms with E-state index in [9.17, 15) is 8.42 Å². The molecule has 0 unspecified atom stereocenters. The minimum absolute atomic E-state index is 0. The number of aromatic nitrogens is 1. The highest BCUT2D eigenvalue weighted by Crippen LogP contribution is 2.36. The molecule has 24 heavy (non-hydrogen) atoms. The molecule has 1 aliphatic heterocycles. The van der Waals surface area contributed by atoms with E-state index < -0.39 is 10.0 Å². The van der Waals surface area contributed by atoms with E-state index in [1.807, 2.05) is 30.3 Å². The second-order valence-corrected chi connectivity index (χ2v) is 7.86. The van der Waals surface area contributed by atoms with Crippen molar-refractivity contribution in [2.75, 3.05) is 19.6 Å². The van der Waals surface area contributed by atoms with Gasteiger partial charge in [0.25, 0.3) is 0 Å². The Bertz CT molecular complexity index is 773. The van der Waals surface area contributed by atoms with E-state index in [4.69, 9.17) is 10.3 Å². The first kappa shape index (κ1) is 18.9. The fourth-order valence-corrected chi connectivity index (χ4v) is 5.13. The number of sulfonamides is 1. The number of nitrogens with zero attached hydrogens (tertiary/aromatic N) is 2. The minimum atomic E-state index is -3.62. The zero-order valence-electron chi connectivity index (χ0n) is 13.7. The third-order valence-corrected chi connectivity index (χ3v) is 6.58. The molecule has 1 aromatic heterocycles. The second kappa shape index (κ2) is 7.23. The van der Waals surface area contributed by atoms with Crippen LogP contribution < -0.4 is 5.73 Å². The van der Waals surface area contributed by atoms with Gasteiger partial charge in [-0.1, -0.05) is 35.5 Å². The number of benzene rings is 1. The van der Waals surface area contributed by atoms with Crippen molar-refractivity contribution in [1.82, 2.24) is 9.46 Å². The van der Waals surface area contributed by atoms with Gasteiger partial charge in [-0.05, 0) is 31.9 Å². The molecule has 1 saturated heterocycles. The van der Waals surface area contributed by atoms with E-state index in [0.29, 0.717) is 31.1 Å². The van der Waals surface area contributed by atoms with Crippen molar-refractivity contribution in [3.8, 4) is 0 Å². The van der Waals surface area contributed by atoms with Crippen LogP contribution in [0.15, 0.2) is 39.8 Å². The predicted molar refractivity (Wildman–Crippen MR) is 93.7 cm³/mol. The third kappa shape index (κ3) is 3.21. The molecule has 2 atom stereocenters. The normalized spacial score (nSPS) is 21.6. The number of halogens is 1. The Labute approximate surface area is 148 Å². The fraction of sp³-hybridized carbons (Fsp3) is 0.438. The predicted octanol–water partition coefficient (Wildman–Crippen LogP) is 2.08. The van der Waals surface area contributed by atoms with Crippen LogP contribution in [0.4, 0.5) is 0 Å². The van der Waals surface area contributed by atoms with Crippen molar-refractivity contribution in [2.24, 2.45) is 11.7 Å². The van der Waals surface area contributed by atoms with Crippen molar-refractivity contribution in [1.29, 1.82) is 0 Å². The van der Waals surface area contributed by atoms with E-state index >= 15 is 0 Å². The molecule has 1 fully saturated rings. The van der Waals surface area contributed by atoms with Gasteiger partial charge in [-0.25, -0.2) is 8.42 Å². The lowest BCUT2D eigenvalue weighted by molar-refractivity contribution is 0.389. The standard InChI is InChI=1S/C16H21N3O3S.ClH/c1-11-16(12(2)22-18-11)23(20,21)19-9-14(8-17)15(10-19)13-6-4-3-5-7-13;/h3-7,14-15H,8-10,17H2,1-2H3;1H/t14-,15+;/m1./s1. The Morgan fingerprint density at radius 2 is 1.92 bits per heavy atom.